The lowest BCUT2D eigenvalue weighted by molar-refractivity contribution is 0.0786. The van der Waals surface area contributed by atoms with Gasteiger partial charge < -0.3 is 9.64 Å². The van der Waals surface area contributed by atoms with Gasteiger partial charge in [0.1, 0.15) is 5.82 Å². The molecule has 1 atom stereocenters. The molecule has 1 aliphatic rings. The second kappa shape index (κ2) is 6.99. The summed E-state index contributed by atoms with van der Waals surface area (Å²) in [5, 5.41) is 0. The molecule has 0 bridgehead atoms. The molecule has 1 aromatic carbocycles. The number of hydrogen-bond donors (Lipinski definition) is 0. The summed E-state index contributed by atoms with van der Waals surface area (Å²) in [6, 6.07) is 8.81. The molecule has 1 aliphatic heterocycles. The van der Waals surface area contributed by atoms with Crippen molar-refractivity contribution in [2.75, 3.05) is 20.2 Å². The molecular formula is C19H21FN2O2. The lowest BCUT2D eigenvalue weighted by Crippen LogP contribution is -2.29. The second-order valence-electron chi connectivity index (χ2n) is 6.28. The van der Waals surface area contributed by atoms with Gasteiger partial charge in [-0.25, -0.2) is 9.37 Å². The van der Waals surface area contributed by atoms with E-state index in [2.05, 4.69) is 4.98 Å². The summed E-state index contributed by atoms with van der Waals surface area (Å²) in [5.41, 5.74) is 2.22. The molecule has 1 unspecified atom stereocenters. The van der Waals surface area contributed by atoms with Crippen LogP contribution >= 0.6 is 0 Å². The normalized spacial score (nSPS) is 17.1. The lowest BCUT2D eigenvalue weighted by Gasteiger charge is -2.16. The first-order valence-electron chi connectivity index (χ1n) is 8.11. The third kappa shape index (κ3) is 3.55. The van der Waals surface area contributed by atoms with Crippen molar-refractivity contribution in [1.82, 2.24) is 9.88 Å². The molecule has 3 rings (SSSR count). The Morgan fingerprint density at radius 3 is 2.88 bits per heavy atom. The average Bonchev–Trinajstić information content (AvgIpc) is 3.06. The molecule has 2 aromatic rings. The summed E-state index contributed by atoms with van der Waals surface area (Å²) in [7, 11) is 1.54. The smallest absolute Gasteiger partial charge is 0.255 e. The molecule has 1 saturated heterocycles. The van der Waals surface area contributed by atoms with E-state index in [9.17, 15) is 9.18 Å². The third-order valence-corrected chi connectivity index (χ3v) is 4.53. The number of amides is 1. The highest BCUT2D eigenvalue weighted by molar-refractivity contribution is 5.94. The van der Waals surface area contributed by atoms with Crippen molar-refractivity contribution in [1.29, 1.82) is 0 Å². The van der Waals surface area contributed by atoms with Gasteiger partial charge in [-0.3, -0.25) is 4.79 Å². The number of carbonyl (C=O) groups is 1. The van der Waals surface area contributed by atoms with Crippen molar-refractivity contribution < 1.29 is 13.9 Å². The van der Waals surface area contributed by atoms with Gasteiger partial charge >= 0.3 is 0 Å². The molecule has 2 heterocycles. The van der Waals surface area contributed by atoms with Crippen LogP contribution in [0.5, 0.6) is 5.88 Å². The molecule has 1 aromatic heterocycles. The van der Waals surface area contributed by atoms with Crippen molar-refractivity contribution in [3.63, 3.8) is 0 Å². The first-order valence-corrected chi connectivity index (χ1v) is 8.11. The number of benzene rings is 1. The molecule has 0 aliphatic carbocycles. The molecule has 0 radical (unpaired) electrons. The van der Waals surface area contributed by atoms with E-state index in [0.29, 0.717) is 29.5 Å². The molecule has 0 saturated carbocycles. The fourth-order valence-corrected chi connectivity index (χ4v) is 3.09. The van der Waals surface area contributed by atoms with Gasteiger partial charge in [0.2, 0.25) is 5.88 Å². The van der Waals surface area contributed by atoms with Crippen molar-refractivity contribution in [3.8, 4) is 5.88 Å². The highest BCUT2D eigenvalue weighted by atomic mass is 19.1. The Balaban J connectivity index is 1.61. The van der Waals surface area contributed by atoms with E-state index in [1.165, 1.54) is 0 Å². The van der Waals surface area contributed by atoms with Crippen molar-refractivity contribution in [3.05, 3.63) is 59.0 Å². The predicted octanol–water partition coefficient (Wildman–Crippen LogP) is 3.24. The first kappa shape index (κ1) is 16.4. The Morgan fingerprint density at radius 2 is 2.21 bits per heavy atom. The van der Waals surface area contributed by atoms with Crippen LogP contribution in [-0.4, -0.2) is 36.0 Å². The fourth-order valence-electron chi connectivity index (χ4n) is 3.09. The molecule has 1 fully saturated rings. The maximum Gasteiger partial charge on any atom is 0.255 e. The van der Waals surface area contributed by atoms with Crippen LogP contribution in [0, 0.1) is 18.7 Å². The van der Waals surface area contributed by atoms with E-state index >= 15 is 0 Å². The van der Waals surface area contributed by atoms with Gasteiger partial charge in [-0.05, 0) is 48.9 Å². The predicted molar refractivity (Wildman–Crippen MR) is 89.6 cm³/mol. The minimum atomic E-state index is -0.164. The van der Waals surface area contributed by atoms with Crippen LogP contribution in [0.1, 0.15) is 27.9 Å². The monoisotopic (exact) mass is 328 g/mol. The van der Waals surface area contributed by atoms with Crippen LogP contribution in [0.3, 0.4) is 0 Å². The Hall–Kier alpha value is -2.43. The topological polar surface area (TPSA) is 42.4 Å². The largest absolute Gasteiger partial charge is 0.481 e. The molecular weight excluding hydrogens is 307 g/mol. The number of halogens is 1. The van der Waals surface area contributed by atoms with E-state index in [1.54, 1.807) is 38.4 Å². The highest BCUT2D eigenvalue weighted by Gasteiger charge is 2.27. The minimum Gasteiger partial charge on any atom is -0.481 e. The number of ether oxygens (including phenoxy) is 1. The van der Waals surface area contributed by atoms with E-state index in [-0.39, 0.29) is 11.7 Å². The van der Waals surface area contributed by atoms with Crippen molar-refractivity contribution in [2.24, 2.45) is 5.92 Å². The minimum absolute atomic E-state index is 0.0114. The van der Waals surface area contributed by atoms with Gasteiger partial charge in [0.05, 0.1) is 12.7 Å². The van der Waals surface area contributed by atoms with Crippen LogP contribution in [0.25, 0.3) is 0 Å². The zero-order valence-corrected chi connectivity index (χ0v) is 14.0. The van der Waals surface area contributed by atoms with Crippen LogP contribution in [0.15, 0.2) is 36.5 Å². The second-order valence-corrected chi connectivity index (χ2v) is 6.28. The zero-order valence-electron chi connectivity index (χ0n) is 14.0. The number of pyridine rings is 1. The third-order valence-electron chi connectivity index (χ3n) is 4.53. The Morgan fingerprint density at radius 1 is 1.38 bits per heavy atom. The first-order chi connectivity index (χ1) is 11.6. The fraction of sp³-hybridized carbons (Fsp3) is 0.368. The van der Waals surface area contributed by atoms with Gasteiger partial charge in [0.25, 0.3) is 5.91 Å². The Kier molecular flexibility index (Phi) is 4.79. The van der Waals surface area contributed by atoms with Gasteiger partial charge in [-0.15, -0.1) is 0 Å². The Bertz CT molecular complexity index is 731. The van der Waals surface area contributed by atoms with Crippen LogP contribution in [0.4, 0.5) is 4.39 Å². The summed E-state index contributed by atoms with van der Waals surface area (Å²) in [4.78, 5) is 18.5. The summed E-state index contributed by atoms with van der Waals surface area (Å²) in [6.45, 7) is 3.18. The summed E-state index contributed by atoms with van der Waals surface area (Å²) >= 11 is 0. The Labute approximate surface area is 141 Å². The highest BCUT2D eigenvalue weighted by Crippen LogP contribution is 2.23. The van der Waals surface area contributed by atoms with E-state index in [1.807, 2.05) is 17.0 Å². The number of likely N-dealkylation sites (tertiary alicyclic amines) is 1. The summed E-state index contributed by atoms with van der Waals surface area (Å²) < 4.78 is 18.7. The maximum absolute atomic E-state index is 13.7. The molecule has 0 spiro atoms. The van der Waals surface area contributed by atoms with Crippen LogP contribution in [0.2, 0.25) is 0 Å². The van der Waals surface area contributed by atoms with Gasteiger partial charge in [-0.2, -0.15) is 0 Å². The number of carbonyl (C=O) groups excluding carboxylic acids is 1. The van der Waals surface area contributed by atoms with Crippen LogP contribution in [-0.2, 0) is 6.42 Å². The summed E-state index contributed by atoms with van der Waals surface area (Å²) in [6.07, 6.45) is 3.27. The quantitative estimate of drug-likeness (QED) is 0.865. The number of aromatic nitrogens is 1. The number of aryl methyl sites for hydroxylation is 1. The van der Waals surface area contributed by atoms with E-state index in [4.69, 9.17) is 4.74 Å². The summed E-state index contributed by atoms with van der Waals surface area (Å²) in [5.74, 6) is 0.681. The zero-order chi connectivity index (χ0) is 17.1. The molecule has 4 nitrogen and oxygen atoms in total. The molecule has 126 valence electrons. The van der Waals surface area contributed by atoms with Crippen LogP contribution < -0.4 is 4.74 Å². The van der Waals surface area contributed by atoms with Gasteiger partial charge in [0, 0.05) is 25.4 Å². The van der Waals surface area contributed by atoms with Gasteiger partial charge in [0.15, 0.2) is 0 Å². The molecule has 0 N–H and O–H groups in total. The standard InChI is InChI=1S/C19H21FN2O2/c1-13-3-4-14(10-17(13)20)9-15-7-8-22(12-15)19(23)16-5-6-18(24-2)21-11-16/h3-6,10-11,15H,7-9,12H2,1-2H3. The number of nitrogens with zero attached hydrogens (tertiary/aromatic N) is 2. The van der Waals surface area contributed by atoms with Gasteiger partial charge in [-0.1, -0.05) is 12.1 Å². The lowest BCUT2D eigenvalue weighted by atomic mass is 9.98. The van der Waals surface area contributed by atoms with E-state index < -0.39 is 0 Å². The SMILES string of the molecule is COc1ccc(C(=O)N2CCC(Cc3ccc(C)c(F)c3)C2)cn1. The molecule has 24 heavy (non-hydrogen) atoms. The molecule has 1 amide bonds. The number of rotatable bonds is 4. The average molecular weight is 328 g/mol. The van der Waals surface area contributed by atoms with E-state index in [0.717, 1.165) is 24.9 Å². The van der Waals surface area contributed by atoms with Crippen molar-refractivity contribution in [2.45, 2.75) is 19.8 Å². The maximum atomic E-state index is 13.7. The number of methoxy groups -OCH3 is 1. The van der Waals surface area contributed by atoms with Crippen molar-refractivity contribution >= 4 is 5.91 Å². The number of hydrogen-bond acceptors (Lipinski definition) is 3. The molecule has 5 heteroatoms.